The van der Waals surface area contributed by atoms with E-state index >= 15 is 0 Å². The molecule has 1 aliphatic carbocycles. The SMILES string of the molecule is O=C(c1ccc(-c2ccccc2)cc1)n1c2c(c3cc(I)ccc31)CC(C(=O)O)(C(=O)O)CC2. The van der Waals surface area contributed by atoms with Crippen LogP contribution in [0.5, 0.6) is 0 Å². The number of rotatable bonds is 4. The number of carbonyl (C=O) groups is 3. The van der Waals surface area contributed by atoms with E-state index in [-0.39, 0.29) is 25.2 Å². The minimum Gasteiger partial charge on any atom is -0.480 e. The van der Waals surface area contributed by atoms with E-state index in [2.05, 4.69) is 22.6 Å². The molecule has 0 atom stereocenters. The quantitative estimate of drug-likeness (QED) is 0.261. The van der Waals surface area contributed by atoms with Gasteiger partial charge in [-0.3, -0.25) is 19.0 Å². The van der Waals surface area contributed by atoms with Crippen LogP contribution in [0.4, 0.5) is 0 Å². The Labute approximate surface area is 209 Å². The van der Waals surface area contributed by atoms with Crippen LogP contribution in [0.2, 0.25) is 0 Å². The Bertz CT molecular complexity index is 1440. The first-order valence-corrected chi connectivity index (χ1v) is 11.9. The van der Waals surface area contributed by atoms with Gasteiger partial charge in [-0.05, 0) is 82.5 Å². The number of aromatic nitrogens is 1. The van der Waals surface area contributed by atoms with Gasteiger partial charge in [-0.25, -0.2) is 0 Å². The van der Waals surface area contributed by atoms with Crippen molar-refractivity contribution in [1.29, 1.82) is 0 Å². The maximum Gasteiger partial charge on any atom is 0.321 e. The number of hydrogen-bond donors (Lipinski definition) is 2. The van der Waals surface area contributed by atoms with Crippen molar-refractivity contribution in [2.24, 2.45) is 5.41 Å². The molecule has 0 spiro atoms. The average Bonchev–Trinajstić information content (AvgIpc) is 3.16. The molecule has 3 aromatic carbocycles. The molecule has 6 nitrogen and oxygen atoms in total. The maximum atomic E-state index is 13.7. The molecule has 7 heteroatoms. The number of carboxylic acid groups (broad SMARTS) is 2. The molecule has 0 amide bonds. The lowest BCUT2D eigenvalue weighted by Crippen LogP contribution is -2.44. The molecule has 1 aromatic heterocycles. The van der Waals surface area contributed by atoms with E-state index in [0.717, 1.165) is 20.1 Å². The Morgan fingerprint density at radius 3 is 2.15 bits per heavy atom. The summed E-state index contributed by atoms with van der Waals surface area (Å²) in [6.07, 6.45) is -0.0395. The number of carboxylic acids is 2. The second-order valence-corrected chi connectivity index (χ2v) is 9.79. The van der Waals surface area contributed by atoms with Crippen LogP contribution in [0.25, 0.3) is 22.0 Å². The molecule has 34 heavy (non-hydrogen) atoms. The highest BCUT2D eigenvalue weighted by atomic mass is 127. The highest BCUT2D eigenvalue weighted by molar-refractivity contribution is 14.1. The van der Waals surface area contributed by atoms with Crippen LogP contribution < -0.4 is 0 Å². The van der Waals surface area contributed by atoms with E-state index in [1.807, 2.05) is 60.7 Å². The van der Waals surface area contributed by atoms with Crippen molar-refractivity contribution in [3.8, 4) is 11.1 Å². The second kappa shape index (κ2) is 8.39. The van der Waals surface area contributed by atoms with E-state index in [9.17, 15) is 24.6 Å². The molecule has 170 valence electrons. The van der Waals surface area contributed by atoms with Crippen molar-refractivity contribution in [3.63, 3.8) is 0 Å². The van der Waals surface area contributed by atoms with Crippen LogP contribution in [0, 0.1) is 8.99 Å². The third-order valence-corrected chi connectivity index (χ3v) is 7.34. The fraction of sp³-hybridized carbons (Fsp3) is 0.148. The number of aliphatic carboxylic acids is 2. The Hall–Kier alpha value is -3.46. The van der Waals surface area contributed by atoms with Crippen LogP contribution in [0.15, 0.2) is 72.8 Å². The molecule has 0 unspecified atom stereocenters. The van der Waals surface area contributed by atoms with Crippen molar-refractivity contribution < 1.29 is 24.6 Å². The molecule has 1 heterocycles. The first-order chi connectivity index (χ1) is 16.3. The summed E-state index contributed by atoms with van der Waals surface area (Å²) in [4.78, 5) is 37.7. The van der Waals surface area contributed by atoms with Gasteiger partial charge in [0.15, 0.2) is 5.41 Å². The highest BCUT2D eigenvalue weighted by Gasteiger charge is 2.50. The molecule has 0 radical (unpaired) electrons. The molecule has 0 aliphatic heterocycles. The smallest absolute Gasteiger partial charge is 0.321 e. The van der Waals surface area contributed by atoms with E-state index in [0.29, 0.717) is 22.3 Å². The zero-order valence-corrected chi connectivity index (χ0v) is 20.2. The maximum absolute atomic E-state index is 13.7. The second-order valence-electron chi connectivity index (χ2n) is 8.54. The first-order valence-electron chi connectivity index (χ1n) is 10.8. The predicted molar refractivity (Wildman–Crippen MR) is 136 cm³/mol. The highest BCUT2D eigenvalue weighted by Crippen LogP contribution is 2.42. The van der Waals surface area contributed by atoms with Gasteiger partial charge < -0.3 is 10.2 Å². The number of hydrogen-bond acceptors (Lipinski definition) is 3. The largest absolute Gasteiger partial charge is 0.480 e. The predicted octanol–water partition coefficient (Wildman–Crippen LogP) is 5.25. The Morgan fingerprint density at radius 2 is 1.50 bits per heavy atom. The zero-order valence-electron chi connectivity index (χ0n) is 18.0. The van der Waals surface area contributed by atoms with Crippen LogP contribution in [-0.4, -0.2) is 32.6 Å². The van der Waals surface area contributed by atoms with Gasteiger partial charge in [-0.1, -0.05) is 42.5 Å². The van der Waals surface area contributed by atoms with Crippen LogP contribution >= 0.6 is 22.6 Å². The van der Waals surface area contributed by atoms with Gasteiger partial charge in [-0.2, -0.15) is 0 Å². The number of fused-ring (bicyclic) bond motifs is 3. The summed E-state index contributed by atoms with van der Waals surface area (Å²) in [6, 6.07) is 22.9. The molecule has 2 N–H and O–H groups in total. The molecule has 0 fully saturated rings. The van der Waals surface area contributed by atoms with Gasteiger partial charge in [0.1, 0.15) is 0 Å². The zero-order chi connectivity index (χ0) is 24.0. The molecular formula is C27H20INO5. The summed E-state index contributed by atoms with van der Waals surface area (Å²) in [5, 5.41) is 20.3. The van der Waals surface area contributed by atoms with Crippen LogP contribution in [0.3, 0.4) is 0 Å². The number of benzene rings is 3. The van der Waals surface area contributed by atoms with Crippen molar-refractivity contribution in [2.75, 3.05) is 0 Å². The first kappa shape index (κ1) is 22.3. The van der Waals surface area contributed by atoms with Crippen molar-refractivity contribution in [2.45, 2.75) is 19.3 Å². The fourth-order valence-electron chi connectivity index (χ4n) is 4.82. The van der Waals surface area contributed by atoms with E-state index in [1.165, 1.54) is 0 Å². The molecule has 5 rings (SSSR count). The average molecular weight is 565 g/mol. The summed E-state index contributed by atoms with van der Waals surface area (Å²) < 4.78 is 2.55. The van der Waals surface area contributed by atoms with Crippen molar-refractivity contribution in [3.05, 3.63) is 93.2 Å². The van der Waals surface area contributed by atoms with Gasteiger partial charge in [-0.15, -0.1) is 0 Å². The lowest BCUT2D eigenvalue weighted by atomic mass is 9.72. The molecular weight excluding hydrogens is 545 g/mol. The molecule has 0 saturated carbocycles. The Kier molecular flexibility index (Phi) is 5.51. The summed E-state index contributed by atoms with van der Waals surface area (Å²) in [5.41, 5.74) is 2.64. The molecule has 1 aliphatic rings. The van der Waals surface area contributed by atoms with Crippen molar-refractivity contribution in [1.82, 2.24) is 4.57 Å². The van der Waals surface area contributed by atoms with E-state index in [1.54, 1.807) is 16.7 Å². The van der Waals surface area contributed by atoms with Gasteiger partial charge >= 0.3 is 11.9 Å². The minimum atomic E-state index is -1.90. The van der Waals surface area contributed by atoms with Gasteiger partial charge in [0.25, 0.3) is 5.91 Å². The normalized spacial score (nSPS) is 14.5. The number of nitrogens with zero attached hydrogens (tertiary/aromatic N) is 1. The summed E-state index contributed by atoms with van der Waals surface area (Å²) in [6.45, 7) is 0. The summed E-state index contributed by atoms with van der Waals surface area (Å²) in [7, 11) is 0. The van der Waals surface area contributed by atoms with Gasteiger partial charge in [0.2, 0.25) is 0 Å². The number of carbonyl (C=O) groups excluding carboxylic acids is 1. The standard InChI is InChI=1S/C27H20INO5/c28-19-10-11-22-20(14-19)21-15-27(25(31)32,26(33)34)13-12-23(21)29(22)24(30)18-8-6-17(7-9-18)16-4-2-1-3-5-16/h1-11,14H,12-13,15H2,(H,31,32)(H,33,34). The van der Waals surface area contributed by atoms with Crippen LogP contribution in [0.1, 0.15) is 28.0 Å². The Balaban J connectivity index is 1.62. The summed E-state index contributed by atoms with van der Waals surface area (Å²) >= 11 is 2.16. The number of halogens is 1. The van der Waals surface area contributed by atoms with E-state index < -0.39 is 17.4 Å². The monoisotopic (exact) mass is 565 g/mol. The topological polar surface area (TPSA) is 96.6 Å². The lowest BCUT2D eigenvalue weighted by molar-refractivity contribution is -0.165. The van der Waals surface area contributed by atoms with Crippen LogP contribution in [-0.2, 0) is 22.4 Å². The minimum absolute atomic E-state index is 0.0711. The molecule has 0 bridgehead atoms. The molecule has 4 aromatic rings. The van der Waals surface area contributed by atoms with E-state index in [4.69, 9.17) is 0 Å². The van der Waals surface area contributed by atoms with Crippen molar-refractivity contribution >= 4 is 51.3 Å². The molecule has 0 saturated heterocycles. The van der Waals surface area contributed by atoms with Gasteiger partial charge in [0.05, 0.1) is 5.52 Å². The Morgan fingerprint density at radius 1 is 0.853 bits per heavy atom. The lowest BCUT2D eigenvalue weighted by Gasteiger charge is -2.29. The third-order valence-electron chi connectivity index (χ3n) is 6.67. The fourth-order valence-corrected chi connectivity index (χ4v) is 5.31. The summed E-state index contributed by atoms with van der Waals surface area (Å²) in [5.74, 6) is -2.91. The third kappa shape index (κ3) is 3.51. The van der Waals surface area contributed by atoms with Gasteiger partial charge in [0, 0.05) is 26.6 Å².